The van der Waals surface area contributed by atoms with E-state index in [1.54, 1.807) is 11.6 Å². The molecule has 14 heteroatoms. The minimum Gasteiger partial charge on any atom is -0.382 e. The Balaban J connectivity index is 1.54. The van der Waals surface area contributed by atoms with Crippen LogP contribution in [-0.4, -0.2) is 24.6 Å². The van der Waals surface area contributed by atoms with Crippen molar-refractivity contribution in [1.82, 2.24) is 24.6 Å². The first-order valence-corrected chi connectivity index (χ1v) is 10.5. The topological polar surface area (TPSA) is 183 Å². The van der Waals surface area contributed by atoms with Gasteiger partial charge in [-0.2, -0.15) is 4.52 Å². The highest BCUT2D eigenvalue weighted by Crippen LogP contribution is 2.37. The molecule has 0 bridgehead atoms. The summed E-state index contributed by atoms with van der Waals surface area (Å²) in [5.41, 5.74) is 20.9. The highest BCUT2D eigenvalue weighted by molar-refractivity contribution is 7.21. The lowest BCUT2D eigenvalue weighted by atomic mass is 10.2. The van der Waals surface area contributed by atoms with E-state index in [-0.39, 0.29) is 34.5 Å². The summed E-state index contributed by atoms with van der Waals surface area (Å²) in [6, 6.07) is 5.96. The fraction of sp³-hybridized carbons (Fsp3) is 0.0588. The van der Waals surface area contributed by atoms with Crippen molar-refractivity contribution in [1.29, 1.82) is 0 Å². The van der Waals surface area contributed by atoms with Gasteiger partial charge in [0.1, 0.15) is 0 Å². The molecule has 0 amide bonds. The lowest BCUT2D eigenvalue weighted by Gasteiger charge is -2.04. The maximum atomic E-state index is 6.22. The highest BCUT2D eigenvalue weighted by atomic mass is 32.1. The summed E-state index contributed by atoms with van der Waals surface area (Å²) in [7, 11) is 0. The number of benzene rings is 1. The molecule has 0 spiro atoms. The SMILES string of the molecule is Cc1ccc2nc(N=Nc3c(N)nc4c(N=Nc5nccs5)c(N)nn4c3N)sc2c1. The summed E-state index contributed by atoms with van der Waals surface area (Å²) in [5.74, 6) is 0.261. The minimum absolute atomic E-state index is 0.0521. The standard InChI is InChI=1S/C17H14N12S2/c1-7-2-3-8-9(6-7)31-17(22-8)27-24-10-12(18)23-15-11(13(19)28-29(15)14(10)20)25-26-16-21-4-5-30-16/h2-6H,20H2,1H3,(H2,18,23)(H2,19,28). The first-order valence-electron chi connectivity index (χ1n) is 8.83. The second kappa shape index (κ2) is 7.33. The highest BCUT2D eigenvalue weighted by Gasteiger charge is 2.19. The predicted molar refractivity (Wildman–Crippen MR) is 121 cm³/mol. The van der Waals surface area contributed by atoms with E-state index in [2.05, 4.69) is 40.5 Å². The van der Waals surface area contributed by atoms with E-state index < -0.39 is 0 Å². The Bertz CT molecular complexity index is 1480. The van der Waals surface area contributed by atoms with Crippen LogP contribution in [0.1, 0.15) is 5.56 Å². The van der Waals surface area contributed by atoms with Crippen LogP contribution in [0.25, 0.3) is 15.9 Å². The molecule has 4 aromatic heterocycles. The predicted octanol–water partition coefficient (Wildman–Crippen LogP) is 4.68. The normalized spacial score (nSPS) is 12.2. The van der Waals surface area contributed by atoms with Crippen LogP contribution in [0, 0.1) is 6.92 Å². The lowest BCUT2D eigenvalue weighted by Crippen LogP contribution is -2.04. The van der Waals surface area contributed by atoms with E-state index in [1.807, 2.05) is 25.1 Å². The molecule has 0 aliphatic heterocycles. The monoisotopic (exact) mass is 450 g/mol. The van der Waals surface area contributed by atoms with E-state index in [9.17, 15) is 0 Å². The molecule has 4 heterocycles. The Hall–Kier alpha value is -4.04. The maximum Gasteiger partial charge on any atom is 0.231 e. The third kappa shape index (κ3) is 3.43. The van der Waals surface area contributed by atoms with Crippen molar-refractivity contribution >= 4 is 77.6 Å². The van der Waals surface area contributed by atoms with Gasteiger partial charge in [0.15, 0.2) is 34.5 Å². The Labute approximate surface area is 182 Å². The summed E-state index contributed by atoms with van der Waals surface area (Å²) >= 11 is 2.74. The number of aryl methyl sites for hydroxylation is 1. The van der Waals surface area contributed by atoms with Crippen LogP contribution in [-0.2, 0) is 0 Å². The van der Waals surface area contributed by atoms with Gasteiger partial charge in [0.25, 0.3) is 0 Å². The van der Waals surface area contributed by atoms with Gasteiger partial charge in [-0.05, 0) is 24.6 Å². The average Bonchev–Trinajstić information content (AvgIpc) is 3.45. The first kappa shape index (κ1) is 19.0. The number of thiazole rings is 2. The molecule has 12 nitrogen and oxygen atoms in total. The zero-order valence-corrected chi connectivity index (χ0v) is 17.6. The van der Waals surface area contributed by atoms with Gasteiger partial charge in [-0.15, -0.1) is 36.9 Å². The van der Waals surface area contributed by atoms with Gasteiger partial charge in [0.05, 0.1) is 10.2 Å². The molecule has 0 aliphatic carbocycles. The quantitative estimate of drug-likeness (QED) is 0.332. The number of hydrogen-bond donors (Lipinski definition) is 3. The summed E-state index contributed by atoms with van der Waals surface area (Å²) < 4.78 is 2.32. The number of nitrogen functional groups attached to an aromatic ring is 3. The van der Waals surface area contributed by atoms with Gasteiger partial charge in [0, 0.05) is 11.6 Å². The Morgan fingerprint density at radius 2 is 1.74 bits per heavy atom. The lowest BCUT2D eigenvalue weighted by molar-refractivity contribution is 0.955. The van der Waals surface area contributed by atoms with Crippen LogP contribution in [0.3, 0.4) is 0 Å². The third-order valence-electron chi connectivity index (χ3n) is 4.23. The van der Waals surface area contributed by atoms with E-state index >= 15 is 0 Å². The van der Waals surface area contributed by atoms with Gasteiger partial charge in [0.2, 0.25) is 10.3 Å². The molecule has 154 valence electrons. The number of nitrogens with zero attached hydrogens (tertiary/aromatic N) is 9. The van der Waals surface area contributed by atoms with Gasteiger partial charge >= 0.3 is 0 Å². The Morgan fingerprint density at radius 3 is 2.55 bits per heavy atom. The van der Waals surface area contributed by atoms with Crippen LogP contribution >= 0.6 is 22.7 Å². The van der Waals surface area contributed by atoms with Crippen LogP contribution in [0.15, 0.2) is 50.2 Å². The molecular weight excluding hydrogens is 436 g/mol. The van der Waals surface area contributed by atoms with Crippen LogP contribution in [0.4, 0.5) is 39.1 Å². The molecule has 0 aliphatic rings. The number of anilines is 3. The van der Waals surface area contributed by atoms with Crippen molar-refractivity contribution in [3.63, 3.8) is 0 Å². The summed E-state index contributed by atoms with van der Waals surface area (Å²) in [6.45, 7) is 2.02. The number of aromatic nitrogens is 5. The van der Waals surface area contributed by atoms with Crippen LogP contribution in [0.2, 0.25) is 0 Å². The summed E-state index contributed by atoms with van der Waals surface area (Å²) in [6.07, 6.45) is 1.62. The first-order chi connectivity index (χ1) is 15.0. The van der Waals surface area contributed by atoms with Gasteiger partial charge in [-0.25, -0.2) is 15.0 Å². The molecule has 0 saturated heterocycles. The van der Waals surface area contributed by atoms with Crippen molar-refractivity contribution in [3.05, 3.63) is 35.3 Å². The zero-order valence-electron chi connectivity index (χ0n) is 16.0. The molecule has 31 heavy (non-hydrogen) atoms. The number of nitrogens with two attached hydrogens (primary N) is 3. The molecule has 0 saturated carbocycles. The minimum atomic E-state index is 0.0521. The maximum absolute atomic E-state index is 6.22. The van der Waals surface area contributed by atoms with Crippen molar-refractivity contribution in [2.45, 2.75) is 6.92 Å². The van der Waals surface area contributed by atoms with Crippen molar-refractivity contribution in [2.24, 2.45) is 20.5 Å². The van der Waals surface area contributed by atoms with E-state index in [4.69, 9.17) is 17.2 Å². The van der Waals surface area contributed by atoms with Crippen molar-refractivity contribution in [2.75, 3.05) is 17.2 Å². The number of azo groups is 2. The second-order valence-electron chi connectivity index (χ2n) is 6.38. The van der Waals surface area contributed by atoms with E-state index in [0.29, 0.717) is 10.3 Å². The molecule has 0 atom stereocenters. The number of rotatable bonds is 4. The van der Waals surface area contributed by atoms with Crippen LogP contribution < -0.4 is 17.2 Å². The van der Waals surface area contributed by atoms with Gasteiger partial charge in [-0.3, -0.25) is 0 Å². The molecular formula is C17H14N12S2. The van der Waals surface area contributed by atoms with Gasteiger partial charge < -0.3 is 17.2 Å². The Kier molecular flexibility index (Phi) is 4.48. The van der Waals surface area contributed by atoms with Crippen molar-refractivity contribution < 1.29 is 0 Å². The Morgan fingerprint density at radius 1 is 0.935 bits per heavy atom. The molecule has 0 fully saturated rings. The summed E-state index contributed by atoms with van der Waals surface area (Å²) in [5, 5.41) is 23.4. The third-order valence-corrected chi connectivity index (χ3v) is 5.78. The average molecular weight is 451 g/mol. The smallest absolute Gasteiger partial charge is 0.231 e. The van der Waals surface area contributed by atoms with E-state index in [0.717, 1.165) is 15.8 Å². The fourth-order valence-electron chi connectivity index (χ4n) is 2.80. The molecule has 5 aromatic rings. The van der Waals surface area contributed by atoms with E-state index in [1.165, 1.54) is 27.2 Å². The zero-order chi connectivity index (χ0) is 21.5. The number of hydrogen-bond acceptors (Lipinski definition) is 13. The molecule has 1 aromatic carbocycles. The number of fused-ring (bicyclic) bond motifs is 2. The molecule has 6 N–H and O–H groups in total. The second-order valence-corrected chi connectivity index (χ2v) is 8.26. The van der Waals surface area contributed by atoms with Gasteiger partial charge in [-0.1, -0.05) is 17.4 Å². The molecule has 5 rings (SSSR count). The van der Waals surface area contributed by atoms with Crippen LogP contribution in [0.5, 0.6) is 0 Å². The molecule has 0 radical (unpaired) electrons. The fourth-order valence-corrected chi connectivity index (χ4v) is 4.13. The van der Waals surface area contributed by atoms with Crippen molar-refractivity contribution in [3.8, 4) is 0 Å². The molecule has 0 unspecified atom stereocenters. The largest absolute Gasteiger partial charge is 0.382 e. The summed E-state index contributed by atoms with van der Waals surface area (Å²) in [4.78, 5) is 12.8.